The molecule has 0 bridgehead atoms. The molecule has 0 fully saturated rings. The van der Waals surface area contributed by atoms with Crippen molar-refractivity contribution in [2.75, 3.05) is 19.0 Å². The maximum atomic E-state index is 13.2. The number of nitrogens with one attached hydrogen (secondary N) is 1. The standard InChI is InChI=1S/C14H15ClFN3/c1-17-9-13-12(15)6-7-14(18-13)19(2)11-5-3-4-10(16)8-11/h3-8,17H,9H2,1-2H3. The zero-order valence-corrected chi connectivity index (χ0v) is 11.6. The van der Waals surface area contributed by atoms with Gasteiger partial charge in [0.05, 0.1) is 10.7 Å². The van der Waals surface area contributed by atoms with Gasteiger partial charge in [-0.3, -0.25) is 0 Å². The third-order valence-electron chi connectivity index (χ3n) is 2.79. The number of halogens is 2. The smallest absolute Gasteiger partial charge is 0.133 e. The Bertz CT molecular complexity index is 574. The van der Waals surface area contributed by atoms with Crippen LogP contribution >= 0.6 is 11.6 Å². The highest BCUT2D eigenvalue weighted by Crippen LogP contribution is 2.25. The summed E-state index contributed by atoms with van der Waals surface area (Å²) in [5.74, 6) is 0.453. The van der Waals surface area contributed by atoms with Crippen molar-refractivity contribution in [3.05, 3.63) is 52.9 Å². The molecule has 100 valence electrons. The van der Waals surface area contributed by atoms with E-state index in [0.717, 1.165) is 17.2 Å². The van der Waals surface area contributed by atoms with E-state index in [0.29, 0.717) is 11.6 Å². The van der Waals surface area contributed by atoms with Gasteiger partial charge in [-0.15, -0.1) is 0 Å². The van der Waals surface area contributed by atoms with Crippen LogP contribution in [-0.4, -0.2) is 19.1 Å². The molecule has 1 N–H and O–H groups in total. The van der Waals surface area contributed by atoms with Crippen molar-refractivity contribution in [3.8, 4) is 0 Å². The molecule has 0 atom stereocenters. The van der Waals surface area contributed by atoms with E-state index in [1.54, 1.807) is 12.1 Å². The summed E-state index contributed by atoms with van der Waals surface area (Å²) < 4.78 is 13.2. The zero-order valence-electron chi connectivity index (χ0n) is 10.8. The summed E-state index contributed by atoms with van der Waals surface area (Å²) in [6.45, 7) is 0.587. The fourth-order valence-electron chi connectivity index (χ4n) is 1.77. The van der Waals surface area contributed by atoms with Gasteiger partial charge >= 0.3 is 0 Å². The van der Waals surface area contributed by atoms with Crippen molar-refractivity contribution in [1.82, 2.24) is 10.3 Å². The Morgan fingerprint density at radius 3 is 2.79 bits per heavy atom. The van der Waals surface area contributed by atoms with E-state index < -0.39 is 0 Å². The maximum Gasteiger partial charge on any atom is 0.133 e. The summed E-state index contributed by atoms with van der Waals surface area (Å²) >= 11 is 6.07. The molecule has 1 aromatic carbocycles. The Morgan fingerprint density at radius 2 is 2.11 bits per heavy atom. The van der Waals surface area contributed by atoms with Crippen LogP contribution in [0.3, 0.4) is 0 Å². The predicted octanol–water partition coefficient (Wildman–Crippen LogP) is 3.36. The fraction of sp³-hybridized carbons (Fsp3) is 0.214. The summed E-state index contributed by atoms with van der Waals surface area (Å²) in [4.78, 5) is 6.30. The van der Waals surface area contributed by atoms with Gasteiger partial charge in [0.15, 0.2) is 0 Å². The van der Waals surface area contributed by atoms with Crippen LogP contribution in [0.2, 0.25) is 5.02 Å². The molecule has 0 unspecified atom stereocenters. The molecule has 0 saturated heterocycles. The van der Waals surface area contributed by atoms with Crippen LogP contribution in [-0.2, 0) is 6.54 Å². The summed E-state index contributed by atoms with van der Waals surface area (Å²) in [7, 11) is 3.68. The molecular weight excluding hydrogens is 265 g/mol. The van der Waals surface area contributed by atoms with Crippen LogP contribution in [0.15, 0.2) is 36.4 Å². The van der Waals surface area contributed by atoms with Crippen molar-refractivity contribution in [2.24, 2.45) is 0 Å². The Labute approximate surface area is 117 Å². The average molecular weight is 280 g/mol. The van der Waals surface area contributed by atoms with Gasteiger partial charge in [0.1, 0.15) is 11.6 Å². The number of benzene rings is 1. The van der Waals surface area contributed by atoms with Crippen LogP contribution in [0.1, 0.15) is 5.69 Å². The van der Waals surface area contributed by atoms with Crippen LogP contribution in [0, 0.1) is 5.82 Å². The first-order valence-corrected chi connectivity index (χ1v) is 6.29. The molecule has 0 spiro atoms. The second-order valence-electron chi connectivity index (χ2n) is 4.17. The van der Waals surface area contributed by atoms with Gasteiger partial charge in [0, 0.05) is 19.3 Å². The molecule has 19 heavy (non-hydrogen) atoms. The number of hydrogen-bond acceptors (Lipinski definition) is 3. The van der Waals surface area contributed by atoms with E-state index in [1.165, 1.54) is 12.1 Å². The molecule has 1 heterocycles. The van der Waals surface area contributed by atoms with Crippen molar-refractivity contribution < 1.29 is 4.39 Å². The lowest BCUT2D eigenvalue weighted by molar-refractivity contribution is 0.628. The summed E-state index contributed by atoms with van der Waals surface area (Å²) in [6, 6.07) is 9.99. The third kappa shape index (κ3) is 3.22. The third-order valence-corrected chi connectivity index (χ3v) is 3.13. The molecule has 1 aromatic heterocycles. The van der Waals surface area contributed by atoms with Gasteiger partial charge < -0.3 is 10.2 Å². The second kappa shape index (κ2) is 5.99. The maximum absolute atomic E-state index is 13.2. The normalized spacial score (nSPS) is 10.5. The SMILES string of the molecule is CNCc1nc(N(C)c2cccc(F)c2)ccc1Cl. The second-order valence-corrected chi connectivity index (χ2v) is 4.57. The Kier molecular flexibility index (Phi) is 4.35. The molecule has 0 saturated carbocycles. The molecule has 2 rings (SSSR count). The minimum atomic E-state index is -0.270. The molecule has 0 radical (unpaired) electrons. The average Bonchev–Trinajstić information content (AvgIpc) is 2.41. The van der Waals surface area contributed by atoms with Crippen LogP contribution in [0.5, 0.6) is 0 Å². The number of rotatable bonds is 4. The molecule has 0 amide bonds. The number of anilines is 2. The summed E-state index contributed by atoms with van der Waals surface area (Å²) in [5, 5.41) is 3.63. The van der Waals surface area contributed by atoms with E-state index in [4.69, 9.17) is 11.6 Å². The number of pyridine rings is 1. The first kappa shape index (κ1) is 13.8. The van der Waals surface area contributed by atoms with Gasteiger partial charge in [0.2, 0.25) is 0 Å². The minimum absolute atomic E-state index is 0.270. The van der Waals surface area contributed by atoms with Crippen molar-refractivity contribution in [1.29, 1.82) is 0 Å². The summed E-state index contributed by atoms with van der Waals surface area (Å²) in [6.07, 6.45) is 0. The molecular formula is C14H15ClFN3. The topological polar surface area (TPSA) is 28.2 Å². The lowest BCUT2D eigenvalue weighted by Crippen LogP contribution is -2.14. The molecule has 0 aliphatic carbocycles. The first-order valence-electron chi connectivity index (χ1n) is 5.91. The van der Waals surface area contributed by atoms with E-state index >= 15 is 0 Å². The van der Waals surface area contributed by atoms with E-state index in [2.05, 4.69) is 10.3 Å². The van der Waals surface area contributed by atoms with Gasteiger partial charge in [-0.05, 0) is 37.4 Å². The van der Waals surface area contributed by atoms with Crippen molar-refractivity contribution >= 4 is 23.1 Å². The number of aromatic nitrogens is 1. The Hall–Kier alpha value is -1.65. The largest absolute Gasteiger partial charge is 0.329 e. The molecule has 0 aliphatic rings. The highest BCUT2D eigenvalue weighted by atomic mass is 35.5. The quantitative estimate of drug-likeness (QED) is 0.930. The van der Waals surface area contributed by atoms with Crippen LogP contribution in [0.25, 0.3) is 0 Å². The molecule has 2 aromatic rings. The number of hydrogen-bond donors (Lipinski definition) is 1. The van der Waals surface area contributed by atoms with E-state index in [9.17, 15) is 4.39 Å². The monoisotopic (exact) mass is 279 g/mol. The Morgan fingerprint density at radius 1 is 1.32 bits per heavy atom. The minimum Gasteiger partial charge on any atom is -0.329 e. The number of nitrogens with zero attached hydrogens (tertiary/aromatic N) is 2. The Balaban J connectivity index is 2.33. The van der Waals surface area contributed by atoms with E-state index in [1.807, 2.05) is 31.1 Å². The van der Waals surface area contributed by atoms with Crippen molar-refractivity contribution in [2.45, 2.75) is 6.54 Å². The lowest BCUT2D eigenvalue weighted by atomic mass is 10.2. The first-order chi connectivity index (χ1) is 9.11. The van der Waals surface area contributed by atoms with Crippen LogP contribution < -0.4 is 10.2 Å². The molecule has 5 heteroatoms. The highest BCUT2D eigenvalue weighted by molar-refractivity contribution is 6.31. The fourth-order valence-corrected chi connectivity index (χ4v) is 1.94. The van der Waals surface area contributed by atoms with Gasteiger partial charge in [0.25, 0.3) is 0 Å². The van der Waals surface area contributed by atoms with Crippen LogP contribution in [0.4, 0.5) is 15.9 Å². The summed E-state index contributed by atoms with van der Waals surface area (Å²) in [5.41, 5.74) is 1.51. The molecule has 3 nitrogen and oxygen atoms in total. The van der Waals surface area contributed by atoms with Gasteiger partial charge in [-0.1, -0.05) is 17.7 Å². The molecule has 0 aliphatic heterocycles. The lowest BCUT2D eigenvalue weighted by Gasteiger charge is -2.19. The zero-order chi connectivity index (χ0) is 13.8. The highest BCUT2D eigenvalue weighted by Gasteiger charge is 2.09. The van der Waals surface area contributed by atoms with E-state index in [-0.39, 0.29) is 5.82 Å². The van der Waals surface area contributed by atoms with Crippen molar-refractivity contribution in [3.63, 3.8) is 0 Å². The van der Waals surface area contributed by atoms with Gasteiger partial charge in [-0.2, -0.15) is 0 Å². The van der Waals surface area contributed by atoms with Gasteiger partial charge in [-0.25, -0.2) is 9.37 Å². The predicted molar refractivity (Wildman–Crippen MR) is 76.5 cm³/mol.